The summed E-state index contributed by atoms with van der Waals surface area (Å²) in [6, 6.07) is 0. The number of ether oxygens (including phenoxy) is 2. The van der Waals surface area contributed by atoms with E-state index in [9.17, 15) is 0 Å². The minimum absolute atomic E-state index is 0.370. The van der Waals surface area contributed by atoms with Crippen LogP contribution in [0.3, 0.4) is 0 Å². The van der Waals surface area contributed by atoms with Gasteiger partial charge in [-0.15, -0.1) is 0 Å². The van der Waals surface area contributed by atoms with Crippen molar-refractivity contribution in [2.75, 3.05) is 26.9 Å². The van der Waals surface area contributed by atoms with Crippen molar-refractivity contribution < 1.29 is 9.47 Å². The SMILES string of the molecule is CCC1(COC)COC1. The van der Waals surface area contributed by atoms with Crippen molar-refractivity contribution in [3.63, 3.8) is 0 Å². The second-order valence-electron chi connectivity index (χ2n) is 2.78. The molecule has 54 valence electrons. The Morgan fingerprint density at radius 2 is 2.22 bits per heavy atom. The van der Waals surface area contributed by atoms with Crippen molar-refractivity contribution in [1.29, 1.82) is 0 Å². The molecule has 2 nitrogen and oxygen atoms in total. The fourth-order valence-electron chi connectivity index (χ4n) is 1.09. The third kappa shape index (κ3) is 1.25. The van der Waals surface area contributed by atoms with Crippen molar-refractivity contribution in [1.82, 2.24) is 0 Å². The Hall–Kier alpha value is -0.0800. The average Bonchev–Trinajstić information content (AvgIpc) is 1.79. The topological polar surface area (TPSA) is 18.5 Å². The third-order valence-corrected chi connectivity index (χ3v) is 2.02. The molecule has 1 saturated heterocycles. The van der Waals surface area contributed by atoms with E-state index < -0.39 is 0 Å². The standard InChI is InChI=1S/C7H14O2/c1-3-7(4-8-2)5-9-6-7/h3-6H2,1-2H3. The van der Waals surface area contributed by atoms with E-state index in [0.717, 1.165) is 19.8 Å². The average molecular weight is 130 g/mol. The number of methoxy groups -OCH3 is 1. The molecule has 9 heavy (non-hydrogen) atoms. The molecule has 0 bridgehead atoms. The van der Waals surface area contributed by atoms with Crippen LogP contribution < -0.4 is 0 Å². The van der Waals surface area contributed by atoms with E-state index in [4.69, 9.17) is 9.47 Å². The highest BCUT2D eigenvalue weighted by atomic mass is 16.5. The maximum Gasteiger partial charge on any atom is 0.0566 e. The van der Waals surface area contributed by atoms with Gasteiger partial charge in [0.15, 0.2) is 0 Å². The second-order valence-corrected chi connectivity index (χ2v) is 2.78. The first-order chi connectivity index (χ1) is 4.33. The van der Waals surface area contributed by atoms with Gasteiger partial charge in [0, 0.05) is 12.5 Å². The number of hydrogen-bond donors (Lipinski definition) is 0. The molecular formula is C7H14O2. The van der Waals surface area contributed by atoms with Gasteiger partial charge < -0.3 is 9.47 Å². The maximum absolute atomic E-state index is 5.10. The smallest absolute Gasteiger partial charge is 0.0566 e. The summed E-state index contributed by atoms with van der Waals surface area (Å²) in [6.45, 7) is 4.81. The van der Waals surface area contributed by atoms with Crippen LogP contribution in [0, 0.1) is 5.41 Å². The molecule has 0 aliphatic carbocycles. The van der Waals surface area contributed by atoms with Gasteiger partial charge in [-0.2, -0.15) is 0 Å². The lowest BCUT2D eigenvalue weighted by Gasteiger charge is -2.39. The van der Waals surface area contributed by atoms with E-state index in [1.807, 2.05) is 0 Å². The van der Waals surface area contributed by atoms with Crippen LogP contribution in [0.5, 0.6) is 0 Å². The summed E-state index contributed by atoms with van der Waals surface area (Å²) in [6.07, 6.45) is 1.17. The van der Waals surface area contributed by atoms with Crippen LogP contribution in [0.15, 0.2) is 0 Å². The Morgan fingerprint density at radius 1 is 1.56 bits per heavy atom. The van der Waals surface area contributed by atoms with E-state index in [1.54, 1.807) is 7.11 Å². The molecule has 1 aliphatic heterocycles. The van der Waals surface area contributed by atoms with Crippen LogP contribution in [-0.2, 0) is 9.47 Å². The summed E-state index contributed by atoms with van der Waals surface area (Å²) in [5, 5.41) is 0. The second kappa shape index (κ2) is 2.67. The molecule has 0 N–H and O–H groups in total. The minimum Gasteiger partial charge on any atom is -0.384 e. The van der Waals surface area contributed by atoms with Crippen molar-refractivity contribution >= 4 is 0 Å². The molecule has 1 rings (SSSR count). The maximum atomic E-state index is 5.10. The van der Waals surface area contributed by atoms with Gasteiger partial charge in [0.2, 0.25) is 0 Å². The Bertz CT molecular complexity index is 81.4. The largest absolute Gasteiger partial charge is 0.384 e. The number of hydrogen-bond acceptors (Lipinski definition) is 2. The normalized spacial score (nSPS) is 23.3. The van der Waals surface area contributed by atoms with Crippen molar-refractivity contribution in [3.05, 3.63) is 0 Å². The Morgan fingerprint density at radius 3 is 2.33 bits per heavy atom. The van der Waals surface area contributed by atoms with Crippen molar-refractivity contribution in [2.24, 2.45) is 5.41 Å². The van der Waals surface area contributed by atoms with Crippen LogP contribution >= 0.6 is 0 Å². The van der Waals surface area contributed by atoms with Crippen molar-refractivity contribution in [3.8, 4) is 0 Å². The molecule has 1 aliphatic rings. The molecule has 0 aromatic rings. The fraction of sp³-hybridized carbons (Fsp3) is 1.00. The summed E-state index contributed by atoms with van der Waals surface area (Å²) in [4.78, 5) is 0. The fourth-order valence-corrected chi connectivity index (χ4v) is 1.09. The van der Waals surface area contributed by atoms with Gasteiger partial charge >= 0.3 is 0 Å². The Labute approximate surface area is 56.2 Å². The highest BCUT2D eigenvalue weighted by molar-refractivity contribution is 4.83. The predicted molar refractivity (Wildman–Crippen MR) is 35.4 cm³/mol. The van der Waals surface area contributed by atoms with Crippen LogP contribution in [0.25, 0.3) is 0 Å². The lowest BCUT2D eigenvalue weighted by Crippen LogP contribution is -2.45. The summed E-state index contributed by atoms with van der Waals surface area (Å²) in [5.41, 5.74) is 0.370. The summed E-state index contributed by atoms with van der Waals surface area (Å²) in [5.74, 6) is 0. The first-order valence-corrected chi connectivity index (χ1v) is 3.40. The molecule has 0 atom stereocenters. The van der Waals surface area contributed by atoms with Crippen LogP contribution in [0.2, 0.25) is 0 Å². The first kappa shape index (κ1) is 7.03. The molecule has 0 amide bonds. The zero-order valence-electron chi connectivity index (χ0n) is 6.14. The molecule has 0 aromatic heterocycles. The van der Waals surface area contributed by atoms with Gasteiger partial charge in [-0.05, 0) is 6.42 Å². The molecule has 0 saturated carbocycles. The first-order valence-electron chi connectivity index (χ1n) is 3.40. The molecular weight excluding hydrogens is 116 g/mol. The monoisotopic (exact) mass is 130 g/mol. The van der Waals surface area contributed by atoms with Gasteiger partial charge in [-0.3, -0.25) is 0 Å². The lowest BCUT2D eigenvalue weighted by atomic mass is 9.84. The van der Waals surface area contributed by atoms with E-state index in [-0.39, 0.29) is 0 Å². The molecule has 2 heteroatoms. The Balaban J connectivity index is 2.28. The van der Waals surface area contributed by atoms with Gasteiger partial charge in [0.1, 0.15) is 0 Å². The van der Waals surface area contributed by atoms with E-state index in [2.05, 4.69) is 6.92 Å². The van der Waals surface area contributed by atoms with Crippen LogP contribution in [0.1, 0.15) is 13.3 Å². The Kier molecular flexibility index (Phi) is 2.09. The molecule has 0 unspecified atom stereocenters. The summed E-state index contributed by atoms with van der Waals surface area (Å²) >= 11 is 0. The molecule has 1 heterocycles. The summed E-state index contributed by atoms with van der Waals surface area (Å²) in [7, 11) is 1.75. The van der Waals surface area contributed by atoms with E-state index in [0.29, 0.717) is 5.41 Å². The minimum atomic E-state index is 0.370. The zero-order chi connectivity index (χ0) is 6.74. The molecule has 0 aromatic carbocycles. The van der Waals surface area contributed by atoms with E-state index >= 15 is 0 Å². The number of rotatable bonds is 3. The molecule has 0 spiro atoms. The van der Waals surface area contributed by atoms with E-state index in [1.165, 1.54) is 6.42 Å². The van der Waals surface area contributed by atoms with Gasteiger partial charge in [-0.25, -0.2) is 0 Å². The summed E-state index contributed by atoms with van der Waals surface area (Å²) < 4.78 is 10.2. The quantitative estimate of drug-likeness (QED) is 0.568. The van der Waals surface area contributed by atoms with Crippen LogP contribution in [0.4, 0.5) is 0 Å². The van der Waals surface area contributed by atoms with Gasteiger partial charge in [-0.1, -0.05) is 6.92 Å². The van der Waals surface area contributed by atoms with Gasteiger partial charge in [0.25, 0.3) is 0 Å². The van der Waals surface area contributed by atoms with Gasteiger partial charge in [0.05, 0.1) is 19.8 Å². The molecule has 0 radical (unpaired) electrons. The highest BCUT2D eigenvalue weighted by Gasteiger charge is 2.36. The zero-order valence-corrected chi connectivity index (χ0v) is 6.14. The molecule has 1 fully saturated rings. The lowest BCUT2D eigenvalue weighted by molar-refractivity contribution is -0.144. The van der Waals surface area contributed by atoms with Crippen molar-refractivity contribution in [2.45, 2.75) is 13.3 Å². The third-order valence-electron chi connectivity index (χ3n) is 2.02. The van der Waals surface area contributed by atoms with Crippen LogP contribution in [-0.4, -0.2) is 26.9 Å². The highest BCUT2D eigenvalue weighted by Crippen LogP contribution is 2.30. The predicted octanol–water partition coefficient (Wildman–Crippen LogP) is 1.06.